The van der Waals surface area contributed by atoms with Gasteiger partial charge in [-0.1, -0.05) is 0 Å². The van der Waals surface area contributed by atoms with Gasteiger partial charge in [0.25, 0.3) is 0 Å². The summed E-state index contributed by atoms with van der Waals surface area (Å²) in [6.07, 6.45) is 0. The molecule has 0 radical (unpaired) electrons. The predicted molar refractivity (Wildman–Crippen MR) is 83.5 cm³/mol. The quantitative estimate of drug-likeness (QED) is 0.846. The molecule has 0 saturated heterocycles. The Morgan fingerprint density at radius 1 is 1.24 bits per heavy atom. The third-order valence-corrected chi connectivity index (χ3v) is 6.68. The molecule has 0 spiro atoms. The van der Waals surface area contributed by atoms with Gasteiger partial charge in [-0.15, -0.1) is 11.3 Å². The average molecular weight is 345 g/mol. The first-order valence-corrected chi connectivity index (χ1v) is 9.35. The number of aryl methyl sites for hydroxylation is 2. The van der Waals surface area contributed by atoms with Gasteiger partial charge in [0.05, 0.1) is 7.11 Å². The van der Waals surface area contributed by atoms with Crippen molar-refractivity contribution in [3.8, 4) is 0 Å². The second-order valence-corrected chi connectivity index (χ2v) is 7.80. The molecule has 0 atom stereocenters. The minimum absolute atomic E-state index is 0.00670. The number of methoxy groups -OCH3 is 1. The molecule has 2 aromatic rings. The molecular formula is C13H15NO4S3. The van der Waals surface area contributed by atoms with Crippen molar-refractivity contribution in [1.29, 1.82) is 0 Å². The summed E-state index contributed by atoms with van der Waals surface area (Å²) in [5.41, 5.74) is 2.50. The van der Waals surface area contributed by atoms with Gasteiger partial charge in [0.15, 0.2) is 0 Å². The molecule has 8 heteroatoms. The Bertz CT molecular complexity index is 758. The number of carbonyl (C=O) groups excluding carboxylic acids is 1. The summed E-state index contributed by atoms with van der Waals surface area (Å²) in [4.78, 5) is 11.8. The first-order chi connectivity index (χ1) is 9.86. The van der Waals surface area contributed by atoms with Crippen molar-refractivity contribution >= 4 is 38.7 Å². The molecule has 0 aliphatic rings. The van der Waals surface area contributed by atoms with Crippen molar-refractivity contribution in [3.05, 3.63) is 37.7 Å². The second-order valence-electron chi connectivity index (χ2n) is 4.47. The SMILES string of the molecule is COC(=O)c1scc(C)c1S(=O)(=O)NCc1cscc1C. The van der Waals surface area contributed by atoms with Crippen LogP contribution >= 0.6 is 22.7 Å². The number of nitrogens with one attached hydrogen (secondary N) is 1. The van der Waals surface area contributed by atoms with Crippen LogP contribution in [-0.2, 0) is 21.3 Å². The molecule has 2 rings (SSSR count). The van der Waals surface area contributed by atoms with Crippen molar-refractivity contribution in [1.82, 2.24) is 4.72 Å². The van der Waals surface area contributed by atoms with E-state index in [1.807, 2.05) is 17.7 Å². The third-order valence-electron chi connectivity index (χ3n) is 2.97. The molecule has 0 bridgehead atoms. The highest BCUT2D eigenvalue weighted by atomic mass is 32.2. The average Bonchev–Trinajstić information content (AvgIpc) is 3.02. The lowest BCUT2D eigenvalue weighted by Crippen LogP contribution is -2.25. The van der Waals surface area contributed by atoms with Gasteiger partial charge in [0.2, 0.25) is 10.0 Å². The van der Waals surface area contributed by atoms with E-state index in [9.17, 15) is 13.2 Å². The fourth-order valence-electron chi connectivity index (χ4n) is 1.81. The fraction of sp³-hybridized carbons (Fsp3) is 0.308. The number of rotatable bonds is 5. The maximum absolute atomic E-state index is 12.5. The number of ether oxygens (including phenoxy) is 1. The normalized spacial score (nSPS) is 11.6. The molecule has 114 valence electrons. The Balaban J connectivity index is 2.30. The summed E-state index contributed by atoms with van der Waals surface area (Å²) >= 11 is 2.59. The van der Waals surface area contributed by atoms with E-state index in [0.29, 0.717) is 5.56 Å². The van der Waals surface area contributed by atoms with Gasteiger partial charge in [0, 0.05) is 6.54 Å². The van der Waals surface area contributed by atoms with E-state index in [4.69, 9.17) is 0 Å². The molecule has 0 aromatic carbocycles. The lowest BCUT2D eigenvalue weighted by Gasteiger charge is -2.08. The van der Waals surface area contributed by atoms with Crippen LogP contribution < -0.4 is 4.72 Å². The van der Waals surface area contributed by atoms with Crippen LogP contribution in [0.5, 0.6) is 0 Å². The zero-order chi connectivity index (χ0) is 15.6. The summed E-state index contributed by atoms with van der Waals surface area (Å²) in [6.45, 7) is 3.79. The second kappa shape index (κ2) is 6.27. The van der Waals surface area contributed by atoms with Crippen LogP contribution in [0.4, 0.5) is 0 Å². The summed E-state index contributed by atoms with van der Waals surface area (Å²) in [5, 5.41) is 5.50. The summed E-state index contributed by atoms with van der Waals surface area (Å²) < 4.78 is 32.1. The molecule has 2 heterocycles. The van der Waals surface area contributed by atoms with Gasteiger partial charge in [-0.3, -0.25) is 0 Å². The van der Waals surface area contributed by atoms with E-state index in [2.05, 4.69) is 9.46 Å². The third kappa shape index (κ3) is 3.34. The smallest absolute Gasteiger partial charge is 0.349 e. The van der Waals surface area contributed by atoms with Crippen LogP contribution in [0.25, 0.3) is 0 Å². The van der Waals surface area contributed by atoms with Crippen LogP contribution in [0.2, 0.25) is 0 Å². The number of esters is 1. The highest BCUT2D eigenvalue weighted by Gasteiger charge is 2.27. The molecule has 21 heavy (non-hydrogen) atoms. The first-order valence-electron chi connectivity index (χ1n) is 6.04. The van der Waals surface area contributed by atoms with E-state index in [1.54, 1.807) is 12.3 Å². The number of sulfonamides is 1. The highest BCUT2D eigenvalue weighted by molar-refractivity contribution is 7.89. The molecule has 2 aromatic heterocycles. The fourth-order valence-corrected chi connectivity index (χ4v) is 5.38. The van der Waals surface area contributed by atoms with E-state index in [0.717, 1.165) is 22.5 Å². The Hall–Kier alpha value is -1.22. The van der Waals surface area contributed by atoms with E-state index in [1.165, 1.54) is 18.4 Å². The van der Waals surface area contributed by atoms with Gasteiger partial charge in [0.1, 0.15) is 9.77 Å². The molecule has 1 N–H and O–H groups in total. The molecule has 0 aliphatic carbocycles. The molecule has 0 aliphatic heterocycles. The molecule has 5 nitrogen and oxygen atoms in total. The Morgan fingerprint density at radius 3 is 2.52 bits per heavy atom. The summed E-state index contributed by atoms with van der Waals surface area (Å²) in [6, 6.07) is 0. The number of hydrogen-bond donors (Lipinski definition) is 1. The van der Waals surface area contributed by atoms with Gasteiger partial charge < -0.3 is 4.74 Å². The lowest BCUT2D eigenvalue weighted by molar-refractivity contribution is 0.0602. The monoisotopic (exact) mass is 345 g/mol. The van der Waals surface area contributed by atoms with Gasteiger partial charge in [-0.05, 0) is 46.7 Å². The van der Waals surface area contributed by atoms with Gasteiger partial charge in [-0.25, -0.2) is 17.9 Å². The topological polar surface area (TPSA) is 72.5 Å². The number of hydrogen-bond acceptors (Lipinski definition) is 6. The van der Waals surface area contributed by atoms with Gasteiger partial charge >= 0.3 is 5.97 Å². The predicted octanol–water partition coefficient (Wildman–Crippen LogP) is 2.69. The van der Waals surface area contributed by atoms with Crippen molar-refractivity contribution in [2.45, 2.75) is 25.3 Å². The number of carbonyl (C=O) groups is 1. The Morgan fingerprint density at radius 2 is 1.95 bits per heavy atom. The van der Waals surface area contributed by atoms with Crippen molar-refractivity contribution < 1.29 is 17.9 Å². The van der Waals surface area contributed by atoms with Crippen LogP contribution in [0.3, 0.4) is 0 Å². The van der Waals surface area contributed by atoms with Crippen molar-refractivity contribution in [3.63, 3.8) is 0 Å². The van der Waals surface area contributed by atoms with Crippen molar-refractivity contribution in [2.24, 2.45) is 0 Å². The van der Waals surface area contributed by atoms with Gasteiger partial charge in [-0.2, -0.15) is 11.3 Å². The van der Waals surface area contributed by atoms with E-state index >= 15 is 0 Å². The van der Waals surface area contributed by atoms with Crippen LogP contribution in [0.1, 0.15) is 26.4 Å². The molecule has 0 saturated carbocycles. The van der Waals surface area contributed by atoms with E-state index < -0.39 is 16.0 Å². The van der Waals surface area contributed by atoms with Crippen LogP contribution in [-0.4, -0.2) is 21.5 Å². The first kappa shape index (κ1) is 16.2. The summed E-state index contributed by atoms with van der Waals surface area (Å²) in [5.74, 6) is -0.639. The zero-order valence-corrected chi connectivity index (χ0v) is 14.2. The van der Waals surface area contributed by atoms with Crippen LogP contribution in [0, 0.1) is 13.8 Å². The maximum atomic E-state index is 12.5. The maximum Gasteiger partial charge on any atom is 0.349 e. The number of thiophene rings is 2. The Kier molecular flexibility index (Phi) is 4.82. The Labute approximate surface area is 131 Å². The molecule has 0 unspecified atom stereocenters. The molecular weight excluding hydrogens is 330 g/mol. The minimum Gasteiger partial charge on any atom is -0.465 e. The zero-order valence-electron chi connectivity index (χ0n) is 11.8. The van der Waals surface area contributed by atoms with Crippen LogP contribution in [0.15, 0.2) is 21.0 Å². The minimum atomic E-state index is -3.76. The molecule has 0 amide bonds. The molecule has 0 fully saturated rings. The van der Waals surface area contributed by atoms with Crippen molar-refractivity contribution in [2.75, 3.05) is 7.11 Å². The highest BCUT2D eigenvalue weighted by Crippen LogP contribution is 2.27. The summed E-state index contributed by atoms with van der Waals surface area (Å²) in [7, 11) is -2.53. The lowest BCUT2D eigenvalue weighted by atomic mass is 10.2. The largest absolute Gasteiger partial charge is 0.465 e. The van der Waals surface area contributed by atoms with E-state index in [-0.39, 0.29) is 16.3 Å². The standard InChI is InChI=1S/C13H15NO4S3/c1-8-5-19-7-10(8)4-14-21(16,17)12-9(2)6-20-11(12)13(15)18-3/h5-7,14H,4H2,1-3H3.